The van der Waals surface area contributed by atoms with Gasteiger partial charge in [0.2, 0.25) is 0 Å². The molecule has 0 bridgehead atoms. The largest absolute Gasteiger partial charge is 0.338 e. The maximum absolute atomic E-state index is 12.2. The minimum atomic E-state index is -0.00353. The molecule has 1 atom stereocenters. The second-order valence-corrected chi connectivity index (χ2v) is 5.31. The third-order valence-corrected chi connectivity index (χ3v) is 4.13. The summed E-state index contributed by atoms with van der Waals surface area (Å²) in [4.78, 5) is 14.0. The number of hydrogen-bond acceptors (Lipinski definition) is 1. The van der Waals surface area contributed by atoms with Crippen molar-refractivity contribution < 1.29 is 4.79 Å². The number of carbonyl (C=O) groups is 1. The first kappa shape index (κ1) is 13.0. The molecule has 0 spiro atoms. The van der Waals surface area contributed by atoms with Gasteiger partial charge in [-0.05, 0) is 30.5 Å². The fourth-order valence-corrected chi connectivity index (χ4v) is 2.50. The van der Waals surface area contributed by atoms with Crippen LogP contribution in [0.2, 0.25) is 10.0 Å². The van der Waals surface area contributed by atoms with Crippen molar-refractivity contribution in [2.24, 2.45) is 5.92 Å². The van der Waals surface area contributed by atoms with Gasteiger partial charge in [0.1, 0.15) is 0 Å². The van der Waals surface area contributed by atoms with Gasteiger partial charge >= 0.3 is 0 Å². The normalized spacial score (nSPS) is 19.7. The molecule has 2 nitrogen and oxygen atoms in total. The van der Waals surface area contributed by atoms with Crippen molar-refractivity contribution in [2.75, 3.05) is 19.0 Å². The highest BCUT2D eigenvalue weighted by Crippen LogP contribution is 2.25. The predicted molar refractivity (Wildman–Crippen MR) is 71.2 cm³/mol. The summed E-state index contributed by atoms with van der Waals surface area (Å²) in [6.07, 6.45) is 0.969. The number of alkyl halides is 1. The summed E-state index contributed by atoms with van der Waals surface area (Å²) in [5.41, 5.74) is 0.578. The fraction of sp³-hybridized carbons (Fsp3) is 0.417. The van der Waals surface area contributed by atoms with Gasteiger partial charge < -0.3 is 4.90 Å². The van der Waals surface area contributed by atoms with Crippen LogP contribution in [0.25, 0.3) is 0 Å². The Morgan fingerprint density at radius 2 is 2.12 bits per heavy atom. The molecule has 1 aromatic rings. The molecular weight excluding hydrogens is 280 g/mol. The van der Waals surface area contributed by atoms with Crippen molar-refractivity contribution in [3.63, 3.8) is 0 Å². The van der Waals surface area contributed by atoms with Gasteiger partial charge in [-0.3, -0.25) is 4.79 Å². The van der Waals surface area contributed by atoms with E-state index < -0.39 is 0 Å². The average Bonchev–Trinajstić information content (AvgIpc) is 2.80. The molecule has 0 saturated carbocycles. The molecule has 0 aromatic heterocycles. The molecule has 1 unspecified atom stereocenters. The lowest BCUT2D eigenvalue weighted by molar-refractivity contribution is 0.0788. The first-order valence-corrected chi connectivity index (χ1v) is 6.71. The maximum atomic E-state index is 12.2. The summed E-state index contributed by atoms with van der Waals surface area (Å²) >= 11 is 17.5. The molecule has 1 aromatic carbocycles. The predicted octanol–water partition coefficient (Wildman–Crippen LogP) is 3.69. The highest BCUT2D eigenvalue weighted by atomic mass is 35.5. The van der Waals surface area contributed by atoms with E-state index in [2.05, 4.69) is 0 Å². The molecule has 0 aliphatic carbocycles. The summed E-state index contributed by atoms with van der Waals surface area (Å²) in [5.74, 6) is 1.00. The molecule has 2 rings (SSSR count). The first-order valence-electron chi connectivity index (χ1n) is 5.42. The zero-order chi connectivity index (χ0) is 12.4. The molecule has 0 N–H and O–H groups in total. The summed E-state index contributed by atoms with van der Waals surface area (Å²) < 4.78 is 0. The highest BCUT2D eigenvalue weighted by molar-refractivity contribution is 6.42. The Bertz CT molecular complexity index is 436. The van der Waals surface area contributed by atoms with Crippen LogP contribution in [0.1, 0.15) is 16.8 Å². The molecule has 1 aliphatic heterocycles. The second kappa shape index (κ2) is 5.47. The van der Waals surface area contributed by atoms with Crippen LogP contribution in [0.5, 0.6) is 0 Å². The number of nitrogens with zero attached hydrogens (tertiary/aromatic N) is 1. The SMILES string of the molecule is O=C(c1ccc(Cl)c(Cl)c1)N1CCC(CCl)C1. The van der Waals surface area contributed by atoms with Crippen LogP contribution in [0, 0.1) is 5.92 Å². The van der Waals surface area contributed by atoms with Crippen molar-refractivity contribution in [3.05, 3.63) is 33.8 Å². The lowest BCUT2D eigenvalue weighted by Gasteiger charge is -2.16. The van der Waals surface area contributed by atoms with Gasteiger partial charge in [0.15, 0.2) is 0 Å². The van der Waals surface area contributed by atoms with Crippen LogP contribution >= 0.6 is 34.8 Å². The van der Waals surface area contributed by atoms with Crippen LogP contribution in [-0.2, 0) is 0 Å². The van der Waals surface area contributed by atoms with Gasteiger partial charge in [0.05, 0.1) is 10.0 Å². The van der Waals surface area contributed by atoms with Gasteiger partial charge in [0.25, 0.3) is 5.91 Å². The molecule has 0 radical (unpaired) electrons. The molecule has 92 valence electrons. The standard InChI is InChI=1S/C12H12Cl3NO/c13-6-8-3-4-16(7-8)12(17)9-1-2-10(14)11(15)5-9/h1-2,5,8H,3-4,6-7H2. The number of rotatable bonds is 2. The van der Waals surface area contributed by atoms with Crippen LogP contribution in [0.15, 0.2) is 18.2 Å². The maximum Gasteiger partial charge on any atom is 0.253 e. The second-order valence-electron chi connectivity index (χ2n) is 4.19. The Morgan fingerprint density at radius 1 is 1.35 bits per heavy atom. The highest BCUT2D eigenvalue weighted by Gasteiger charge is 2.26. The quantitative estimate of drug-likeness (QED) is 0.761. The molecule has 5 heteroatoms. The van der Waals surface area contributed by atoms with Crippen molar-refractivity contribution in [1.82, 2.24) is 4.90 Å². The summed E-state index contributed by atoms with van der Waals surface area (Å²) in [5, 5.41) is 0.869. The Kier molecular flexibility index (Phi) is 4.18. The van der Waals surface area contributed by atoms with Gasteiger partial charge in [-0.1, -0.05) is 23.2 Å². The number of hydrogen-bond donors (Lipinski definition) is 0. The van der Waals surface area contributed by atoms with Crippen LogP contribution in [0.3, 0.4) is 0 Å². The minimum Gasteiger partial charge on any atom is -0.338 e. The van der Waals surface area contributed by atoms with E-state index in [-0.39, 0.29) is 5.91 Å². The van der Waals surface area contributed by atoms with E-state index >= 15 is 0 Å². The molecule has 1 aliphatic rings. The number of carbonyl (C=O) groups excluding carboxylic acids is 1. The monoisotopic (exact) mass is 291 g/mol. The summed E-state index contributed by atoms with van der Waals surface area (Å²) in [7, 11) is 0. The summed E-state index contributed by atoms with van der Waals surface area (Å²) in [6.45, 7) is 1.49. The van der Waals surface area contributed by atoms with Gasteiger partial charge in [-0.15, -0.1) is 11.6 Å². The molecular formula is C12H12Cl3NO. The fourth-order valence-electron chi connectivity index (χ4n) is 1.95. The number of halogens is 3. The van der Waals surface area contributed by atoms with Crippen LogP contribution < -0.4 is 0 Å². The average molecular weight is 293 g/mol. The van der Waals surface area contributed by atoms with Gasteiger partial charge in [-0.25, -0.2) is 0 Å². The van der Waals surface area contributed by atoms with Gasteiger partial charge in [-0.2, -0.15) is 0 Å². The minimum absolute atomic E-state index is 0.00353. The van der Waals surface area contributed by atoms with Crippen molar-refractivity contribution >= 4 is 40.7 Å². The van der Waals surface area contributed by atoms with Crippen molar-refractivity contribution in [3.8, 4) is 0 Å². The zero-order valence-electron chi connectivity index (χ0n) is 9.13. The lowest BCUT2D eigenvalue weighted by Crippen LogP contribution is -2.28. The Balaban J connectivity index is 2.12. The number of amides is 1. The topological polar surface area (TPSA) is 20.3 Å². The molecule has 1 amide bonds. The third kappa shape index (κ3) is 2.87. The van der Waals surface area contributed by atoms with Gasteiger partial charge in [0, 0.05) is 24.5 Å². The van der Waals surface area contributed by atoms with E-state index in [9.17, 15) is 4.79 Å². The van der Waals surface area contributed by atoms with E-state index in [1.165, 1.54) is 0 Å². The molecule has 17 heavy (non-hydrogen) atoms. The Hall–Kier alpha value is -0.440. The smallest absolute Gasteiger partial charge is 0.253 e. The van der Waals surface area contributed by atoms with E-state index in [1.807, 2.05) is 4.90 Å². The molecule has 1 fully saturated rings. The lowest BCUT2D eigenvalue weighted by atomic mass is 10.1. The zero-order valence-corrected chi connectivity index (χ0v) is 11.4. The van der Waals surface area contributed by atoms with Crippen molar-refractivity contribution in [1.29, 1.82) is 0 Å². The molecule has 1 saturated heterocycles. The van der Waals surface area contributed by atoms with Crippen LogP contribution in [0.4, 0.5) is 0 Å². The van der Waals surface area contributed by atoms with E-state index in [4.69, 9.17) is 34.8 Å². The first-order chi connectivity index (χ1) is 8.11. The Labute approximate surface area is 115 Å². The Morgan fingerprint density at radius 3 is 2.71 bits per heavy atom. The summed E-state index contributed by atoms with van der Waals surface area (Å²) in [6, 6.07) is 4.96. The van der Waals surface area contributed by atoms with E-state index in [1.54, 1.807) is 18.2 Å². The number of benzene rings is 1. The van der Waals surface area contributed by atoms with E-state index in [0.29, 0.717) is 27.4 Å². The molecule has 1 heterocycles. The number of likely N-dealkylation sites (tertiary alicyclic amines) is 1. The van der Waals surface area contributed by atoms with Crippen molar-refractivity contribution in [2.45, 2.75) is 6.42 Å². The third-order valence-electron chi connectivity index (χ3n) is 2.96. The van der Waals surface area contributed by atoms with Crippen LogP contribution in [-0.4, -0.2) is 29.8 Å². The van der Waals surface area contributed by atoms with E-state index in [0.717, 1.165) is 19.5 Å².